The first-order valence-electron chi connectivity index (χ1n) is 9.50. The zero-order valence-electron chi connectivity index (χ0n) is 16.6. The first-order valence-corrected chi connectivity index (χ1v) is 11.8. The van der Waals surface area contributed by atoms with E-state index in [-0.39, 0.29) is 38.6 Å². The molecule has 2 aromatic rings. The topological polar surface area (TPSA) is 95.1 Å². The monoisotopic (exact) mass is 447 g/mol. The van der Waals surface area contributed by atoms with E-state index < -0.39 is 21.8 Å². The molecule has 0 unspecified atom stereocenters. The van der Waals surface area contributed by atoms with E-state index >= 15 is 0 Å². The van der Waals surface area contributed by atoms with E-state index in [1.54, 1.807) is 37.3 Å². The van der Waals surface area contributed by atoms with Gasteiger partial charge in [-0.15, -0.1) is 11.3 Å². The molecule has 3 amide bonds. The molecule has 10 heteroatoms. The molecule has 0 radical (unpaired) electrons. The number of aryl methyl sites for hydroxylation is 2. The average molecular weight is 448 g/mol. The molecule has 0 N–H and O–H groups in total. The number of benzene rings is 1. The lowest BCUT2D eigenvalue weighted by Crippen LogP contribution is -2.53. The second-order valence-electron chi connectivity index (χ2n) is 7.30. The van der Waals surface area contributed by atoms with Crippen LogP contribution in [0, 0.1) is 13.8 Å². The van der Waals surface area contributed by atoms with Crippen molar-refractivity contribution in [3.63, 3.8) is 0 Å². The van der Waals surface area contributed by atoms with Crippen LogP contribution in [0.5, 0.6) is 0 Å². The highest BCUT2D eigenvalue weighted by molar-refractivity contribution is 7.89. The largest absolute Gasteiger partial charge is 0.338 e. The molecule has 1 aromatic carbocycles. The molecule has 0 aliphatic carbocycles. The Kier molecular flexibility index (Phi) is 5.25. The quantitative estimate of drug-likeness (QED) is 0.662. The smallest absolute Gasteiger partial charge is 0.262 e. The molecular weight excluding hydrogens is 426 g/mol. The summed E-state index contributed by atoms with van der Waals surface area (Å²) in [6.07, 6.45) is 0. The van der Waals surface area contributed by atoms with Crippen molar-refractivity contribution in [3.05, 3.63) is 51.2 Å². The van der Waals surface area contributed by atoms with Crippen molar-refractivity contribution < 1.29 is 22.8 Å². The van der Waals surface area contributed by atoms with Crippen molar-refractivity contribution in [2.75, 3.05) is 32.7 Å². The van der Waals surface area contributed by atoms with E-state index in [1.165, 1.54) is 20.5 Å². The molecule has 158 valence electrons. The predicted molar refractivity (Wildman–Crippen MR) is 111 cm³/mol. The second-order valence-corrected chi connectivity index (χ2v) is 10.7. The van der Waals surface area contributed by atoms with Gasteiger partial charge in [0, 0.05) is 35.9 Å². The van der Waals surface area contributed by atoms with Crippen molar-refractivity contribution in [3.8, 4) is 0 Å². The number of sulfonamides is 1. The SMILES string of the molecule is Cc1cc(S(=O)(=O)N2CCN(C(=O)CN3C(=O)c4ccccc4C3=O)CC2)c(C)s1. The Morgan fingerprint density at radius 3 is 2.07 bits per heavy atom. The molecule has 0 saturated carbocycles. The van der Waals surface area contributed by atoms with Crippen molar-refractivity contribution in [1.82, 2.24) is 14.1 Å². The summed E-state index contributed by atoms with van der Waals surface area (Å²) < 4.78 is 27.2. The number of piperazine rings is 1. The van der Waals surface area contributed by atoms with E-state index in [2.05, 4.69) is 0 Å². The van der Waals surface area contributed by atoms with Gasteiger partial charge in [0.25, 0.3) is 11.8 Å². The van der Waals surface area contributed by atoms with Crippen LogP contribution in [0.15, 0.2) is 35.2 Å². The summed E-state index contributed by atoms with van der Waals surface area (Å²) in [5, 5.41) is 0. The lowest BCUT2D eigenvalue weighted by molar-refractivity contribution is -0.132. The fraction of sp³-hybridized carbons (Fsp3) is 0.350. The molecule has 1 fully saturated rings. The Hall–Kier alpha value is -2.56. The maximum absolute atomic E-state index is 12.9. The predicted octanol–water partition coefficient (Wildman–Crippen LogP) is 1.49. The summed E-state index contributed by atoms with van der Waals surface area (Å²) in [6, 6.07) is 8.15. The van der Waals surface area contributed by atoms with Crippen LogP contribution in [0.2, 0.25) is 0 Å². The lowest BCUT2D eigenvalue weighted by atomic mass is 10.1. The molecule has 2 aliphatic rings. The number of amides is 3. The standard InChI is InChI=1S/C20H21N3O5S2/c1-13-11-17(14(2)29-13)30(27,28)22-9-7-21(8-10-22)18(24)12-23-19(25)15-5-3-4-6-16(15)20(23)26/h3-6,11H,7-10,12H2,1-2H3. The van der Waals surface area contributed by atoms with Gasteiger partial charge < -0.3 is 4.90 Å². The normalized spacial score (nSPS) is 17.5. The minimum absolute atomic E-state index is 0.171. The number of carbonyl (C=O) groups is 3. The molecule has 8 nitrogen and oxygen atoms in total. The van der Waals surface area contributed by atoms with Crippen molar-refractivity contribution in [2.24, 2.45) is 0 Å². The Morgan fingerprint density at radius 2 is 1.57 bits per heavy atom. The van der Waals surface area contributed by atoms with E-state index in [0.29, 0.717) is 16.0 Å². The summed E-state index contributed by atoms with van der Waals surface area (Å²) in [6.45, 7) is 4.07. The number of nitrogens with zero attached hydrogens (tertiary/aromatic N) is 3. The second kappa shape index (κ2) is 7.60. The van der Waals surface area contributed by atoms with Crippen LogP contribution in [0.1, 0.15) is 30.5 Å². The summed E-state index contributed by atoms with van der Waals surface area (Å²) in [4.78, 5) is 42.0. The fourth-order valence-electron chi connectivity index (χ4n) is 3.80. The van der Waals surface area contributed by atoms with Crippen molar-refractivity contribution >= 4 is 39.1 Å². The third kappa shape index (κ3) is 3.44. The van der Waals surface area contributed by atoms with Gasteiger partial charge in [0.1, 0.15) is 6.54 Å². The summed E-state index contributed by atoms with van der Waals surface area (Å²) >= 11 is 1.44. The van der Waals surface area contributed by atoms with Gasteiger partial charge in [-0.2, -0.15) is 4.31 Å². The molecule has 0 atom stereocenters. The highest BCUT2D eigenvalue weighted by atomic mass is 32.2. The number of fused-ring (bicyclic) bond motifs is 1. The van der Waals surface area contributed by atoms with E-state index in [4.69, 9.17) is 0 Å². The van der Waals surface area contributed by atoms with Gasteiger partial charge in [-0.25, -0.2) is 8.42 Å². The number of hydrogen-bond donors (Lipinski definition) is 0. The Bertz CT molecular complexity index is 1110. The first-order chi connectivity index (χ1) is 14.2. The highest BCUT2D eigenvalue weighted by Crippen LogP contribution is 2.28. The Labute approximate surface area is 178 Å². The van der Waals surface area contributed by atoms with Crippen LogP contribution in [-0.4, -0.2) is 73.0 Å². The highest BCUT2D eigenvalue weighted by Gasteiger charge is 2.38. The maximum atomic E-state index is 12.9. The third-order valence-corrected chi connectivity index (χ3v) is 8.50. The van der Waals surface area contributed by atoms with Gasteiger partial charge >= 0.3 is 0 Å². The molecule has 4 rings (SSSR count). The van der Waals surface area contributed by atoms with Crippen LogP contribution in [0.25, 0.3) is 0 Å². The first kappa shape index (κ1) is 20.7. The number of thiophene rings is 1. The summed E-state index contributed by atoms with van der Waals surface area (Å²) in [5.41, 5.74) is 0.597. The zero-order valence-corrected chi connectivity index (χ0v) is 18.3. The van der Waals surface area contributed by atoms with Crippen LogP contribution < -0.4 is 0 Å². The molecule has 0 bridgehead atoms. The zero-order chi connectivity index (χ0) is 21.6. The van der Waals surface area contributed by atoms with Crippen LogP contribution in [0.4, 0.5) is 0 Å². The van der Waals surface area contributed by atoms with Crippen LogP contribution in [0.3, 0.4) is 0 Å². The van der Waals surface area contributed by atoms with E-state index in [0.717, 1.165) is 14.7 Å². The van der Waals surface area contributed by atoms with Crippen molar-refractivity contribution in [1.29, 1.82) is 0 Å². The van der Waals surface area contributed by atoms with Gasteiger partial charge in [0.05, 0.1) is 16.0 Å². The lowest BCUT2D eigenvalue weighted by Gasteiger charge is -2.34. The van der Waals surface area contributed by atoms with Gasteiger partial charge in [0.2, 0.25) is 15.9 Å². The number of hydrogen-bond acceptors (Lipinski definition) is 6. The molecule has 30 heavy (non-hydrogen) atoms. The van der Waals surface area contributed by atoms with E-state index in [1.807, 2.05) is 6.92 Å². The fourth-order valence-corrected chi connectivity index (χ4v) is 6.74. The maximum Gasteiger partial charge on any atom is 0.262 e. The molecule has 2 aliphatic heterocycles. The van der Waals surface area contributed by atoms with Gasteiger partial charge in [-0.05, 0) is 32.0 Å². The summed E-state index contributed by atoms with van der Waals surface area (Å²) in [7, 11) is -3.61. The molecule has 3 heterocycles. The van der Waals surface area contributed by atoms with Crippen molar-refractivity contribution in [2.45, 2.75) is 18.7 Å². The molecule has 1 aromatic heterocycles. The molecule has 1 saturated heterocycles. The van der Waals surface area contributed by atoms with Gasteiger partial charge in [-0.1, -0.05) is 12.1 Å². The Morgan fingerprint density at radius 1 is 1.00 bits per heavy atom. The van der Waals surface area contributed by atoms with Gasteiger partial charge in [-0.3, -0.25) is 19.3 Å². The number of imide groups is 1. The number of carbonyl (C=O) groups excluding carboxylic acids is 3. The minimum Gasteiger partial charge on any atom is -0.338 e. The van der Waals surface area contributed by atoms with Crippen LogP contribution in [-0.2, 0) is 14.8 Å². The van der Waals surface area contributed by atoms with Crippen LogP contribution >= 0.6 is 11.3 Å². The third-order valence-electron chi connectivity index (χ3n) is 5.38. The molecule has 0 spiro atoms. The minimum atomic E-state index is -3.61. The molecular formula is C20H21N3O5S2. The van der Waals surface area contributed by atoms with E-state index in [9.17, 15) is 22.8 Å². The van der Waals surface area contributed by atoms with Gasteiger partial charge in [0.15, 0.2) is 0 Å². The average Bonchev–Trinajstić information content (AvgIpc) is 3.20. The number of rotatable bonds is 4. The Balaban J connectivity index is 1.40. The summed E-state index contributed by atoms with van der Waals surface area (Å²) in [5.74, 6) is -1.33.